The summed E-state index contributed by atoms with van der Waals surface area (Å²) in [6.07, 6.45) is 5.82. The van der Waals surface area contributed by atoms with Crippen LogP contribution in [0.4, 0.5) is 0 Å². The molecule has 2 rings (SSSR count). The minimum absolute atomic E-state index is 0.621. The molecule has 0 bridgehead atoms. The van der Waals surface area contributed by atoms with Crippen LogP contribution in [-0.4, -0.2) is 29.0 Å². The number of hydrogen-bond acceptors (Lipinski definition) is 5. The van der Waals surface area contributed by atoms with Gasteiger partial charge in [0.1, 0.15) is 5.01 Å². The molecule has 120 valence electrons. The van der Waals surface area contributed by atoms with Crippen molar-refractivity contribution in [3.05, 3.63) is 32.2 Å². The predicted molar refractivity (Wildman–Crippen MR) is 94.9 cm³/mol. The molecule has 0 aliphatic heterocycles. The predicted octanol–water partition coefficient (Wildman–Crippen LogP) is 2.77. The summed E-state index contributed by atoms with van der Waals surface area (Å²) in [6.45, 7) is 8.60. The zero-order chi connectivity index (χ0) is 15.8. The highest BCUT2D eigenvalue weighted by molar-refractivity contribution is 7.11. The van der Waals surface area contributed by atoms with E-state index in [4.69, 9.17) is 0 Å². The lowest BCUT2D eigenvalue weighted by Gasteiger charge is -2.10. The highest BCUT2D eigenvalue weighted by Crippen LogP contribution is 2.14. The second-order valence-corrected chi connectivity index (χ2v) is 7.33. The monoisotopic (exact) mass is 337 g/mol. The van der Waals surface area contributed by atoms with Gasteiger partial charge in [0, 0.05) is 41.7 Å². The smallest absolute Gasteiger partial charge is 0.191 e. The fraction of sp³-hybridized carbons (Fsp3) is 0.533. The summed E-state index contributed by atoms with van der Waals surface area (Å²) in [5.41, 5.74) is 0. The van der Waals surface area contributed by atoms with E-state index in [1.54, 1.807) is 22.7 Å². The van der Waals surface area contributed by atoms with Gasteiger partial charge >= 0.3 is 0 Å². The Balaban J connectivity index is 1.83. The van der Waals surface area contributed by atoms with E-state index in [1.165, 1.54) is 9.75 Å². The quantitative estimate of drug-likeness (QED) is 0.602. The maximum absolute atomic E-state index is 4.59. The molecule has 5 nitrogen and oxygen atoms in total. The summed E-state index contributed by atoms with van der Waals surface area (Å²) in [5.74, 6) is 0.837. The molecule has 0 amide bonds. The fourth-order valence-electron chi connectivity index (χ4n) is 1.88. The average molecular weight is 338 g/mol. The van der Waals surface area contributed by atoms with Crippen molar-refractivity contribution < 1.29 is 0 Å². The van der Waals surface area contributed by atoms with E-state index >= 15 is 0 Å². The van der Waals surface area contributed by atoms with Gasteiger partial charge in [-0.1, -0.05) is 6.92 Å². The fourth-order valence-corrected chi connectivity index (χ4v) is 3.45. The van der Waals surface area contributed by atoms with Gasteiger partial charge in [-0.25, -0.2) is 15.0 Å². The van der Waals surface area contributed by atoms with Gasteiger partial charge in [-0.05, 0) is 20.3 Å². The van der Waals surface area contributed by atoms with E-state index in [-0.39, 0.29) is 0 Å². The largest absolute Gasteiger partial charge is 0.357 e. The second-order valence-electron chi connectivity index (χ2n) is 4.81. The topological polar surface area (TPSA) is 62.2 Å². The Kier molecular flexibility index (Phi) is 6.79. The van der Waals surface area contributed by atoms with Crippen molar-refractivity contribution in [2.24, 2.45) is 4.99 Å². The highest BCUT2D eigenvalue weighted by atomic mass is 32.1. The SMILES string of the molecule is CCNC(=NCc1ncc(CC)s1)NCCc1ncc(C)s1. The Labute approximate surface area is 139 Å². The molecule has 2 heterocycles. The first-order valence-corrected chi connectivity index (χ1v) is 9.21. The molecule has 0 aliphatic carbocycles. The number of nitrogens with one attached hydrogen (secondary N) is 2. The van der Waals surface area contributed by atoms with Crippen LogP contribution in [0.3, 0.4) is 0 Å². The Bertz CT molecular complexity index is 603. The van der Waals surface area contributed by atoms with Gasteiger partial charge in [-0.2, -0.15) is 0 Å². The third-order valence-corrected chi connectivity index (χ3v) is 5.07. The van der Waals surface area contributed by atoms with E-state index in [9.17, 15) is 0 Å². The van der Waals surface area contributed by atoms with Crippen LogP contribution in [0.2, 0.25) is 0 Å². The summed E-state index contributed by atoms with van der Waals surface area (Å²) in [7, 11) is 0. The molecular formula is C15H23N5S2. The zero-order valence-corrected chi connectivity index (χ0v) is 15.0. The van der Waals surface area contributed by atoms with E-state index in [1.807, 2.05) is 12.4 Å². The molecule has 0 fully saturated rings. The van der Waals surface area contributed by atoms with Gasteiger partial charge in [0.25, 0.3) is 0 Å². The zero-order valence-electron chi connectivity index (χ0n) is 13.3. The highest BCUT2D eigenvalue weighted by Gasteiger charge is 2.03. The van der Waals surface area contributed by atoms with Crippen LogP contribution in [0.1, 0.15) is 33.6 Å². The molecule has 2 aromatic rings. The minimum Gasteiger partial charge on any atom is -0.357 e. The number of hydrogen-bond donors (Lipinski definition) is 2. The summed E-state index contributed by atoms with van der Waals surface area (Å²) in [4.78, 5) is 15.9. The first-order chi connectivity index (χ1) is 10.7. The van der Waals surface area contributed by atoms with Gasteiger partial charge in [0.2, 0.25) is 0 Å². The first-order valence-electron chi connectivity index (χ1n) is 7.58. The third-order valence-electron chi connectivity index (χ3n) is 2.97. The number of guanidine groups is 1. The Hall–Kier alpha value is -1.47. The summed E-state index contributed by atoms with van der Waals surface area (Å²) >= 11 is 3.48. The number of aliphatic imine (C=N–C) groups is 1. The molecule has 0 saturated carbocycles. The number of rotatable bonds is 7. The summed E-state index contributed by atoms with van der Waals surface area (Å²) in [5, 5.41) is 8.84. The molecule has 2 aromatic heterocycles. The van der Waals surface area contributed by atoms with Crippen LogP contribution in [-0.2, 0) is 19.4 Å². The Morgan fingerprint density at radius 3 is 2.59 bits per heavy atom. The molecular weight excluding hydrogens is 314 g/mol. The molecule has 22 heavy (non-hydrogen) atoms. The maximum Gasteiger partial charge on any atom is 0.191 e. The number of nitrogens with zero attached hydrogens (tertiary/aromatic N) is 3. The van der Waals surface area contributed by atoms with Crippen molar-refractivity contribution in [3.63, 3.8) is 0 Å². The Morgan fingerprint density at radius 1 is 1.14 bits per heavy atom. The normalized spacial score (nSPS) is 11.7. The second kappa shape index (κ2) is 8.85. The third kappa shape index (κ3) is 5.38. The molecule has 0 atom stereocenters. The van der Waals surface area contributed by atoms with Crippen molar-refractivity contribution in [2.45, 2.75) is 40.2 Å². The van der Waals surface area contributed by atoms with E-state index < -0.39 is 0 Å². The van der Waals surface area contributed by atoms with Crippen molar-refractivity contribution in [1.82, 2.24) is 20.6 Å². The lowest BCUT2D eigenvalue weighted by Crippen LogP contribution is -2.38. The molecule has 0 unspecified atom stereocenters. The molecule has 7 heteroatoms. The summed E-state index contributed by atoms with van der Waals surface area (Å²) in [6, 6.07) is 0. The van der Waals surface area contributed by atoms with Crippen molar-refractivity contribution in [2.75, 3.05) is 13.1 Å². The molecule has 0 saturated heterocycles. The Morgan fingerprint density at radius 2 is 1.95 bits per heavy atom. The van der Waals surface area contributed by atoms with Gasteiger partial charge in [0.05, 0.1) is 11.6 Å². The number of aromatic nitrogens is 2. The molecule has 0 radical (unpaired) electrons. The van der Waals surface area contributed by atoms with Crippen LogP contribution in [0.15, 0.2) is 17.4 Å². The molecule has 2 N–H and O–H groups in total. The van der Waals surface area contributed by atoms with Gasteiger partial charge < -0.3 is 10.6 Å². The number of aryl methyl sites for hydroxylation is 2. The van der Waals surface area contributed by atoms with Crippen LogP contribution < -0.4 is 10.6 Å². The van der Waals surface area contributed by atoms with Crippen molar-refractivity contribution in [3.8, 4) is 0 Å². The van der Waals surface area contributed by atoms with Gasteiger partial charge in [-0.3, -0.25) is 0 Å². The molecule has 0 aromatic carbocycles. The van der Waals surface area contributed by atoms with Gasteiger partial charge in [0.15, 0.2) is 5.96 Å². The average Bonchev–Trinajstić information content (AvgIpc) is 3.13. The van der Waals surface area contributed by atoms with Crippen LogP contribution in [0, 0.1) is 6.92 Å². The maximum atomic E-state index is 4.59. The van der Waals surface area contributed by atoms with Crippen LogP contribution >= 0.6 is 22.7 Å². The first kappa shape index (κ1) is 16.9. The van der Waals surface area contributed by atoms with Crippen LogP contribution in [0.25, 0.3) is 0 Å². The molecule has 0 aliphatic rings. The van der Waals surface area contributed by atoms with E-state index in [0.29, 0.717) is 6.54 Å². The van der Waals surface area contributed by atoms with Crippen molar-refractivity contribution >= 4 is 28.6 Å². The minimum atomic E-state index is 0.621. The van der Waals surface area contributed by atoms with E-state index in [2.05, 4.69) is 46.4 Å². The van der Waals surface area contributed by atoms with Crippen molar-refractivity contribution in [1.29, 1.82) is 0 Å². The van der Waals surface area contributed by atoms with Gasteiger partial charge in [-0.15, -0.1) is 22.7 Å². The number of thiazole rings is 2. The molecule has 0 spiro atoms. The van der Waals surface area contributed by atoms with Crippen LogP contribution in [0.5, 0.6) is 0 Å². The lowest BCUT2D eigenvalue weighted by atomic mass is 10.4. The van der Waals surface area contributed by atoms with E-state index in [0.717, 1.165) is 41.9 Å². The summed E-state index contributed by atoms with van der Waals surface area (Å²) < 4.78 is 0. The standard InChI is InChI=1S/C15H23N5S2/c1-4-12-9-19-14(22-12)10-20-15(16-5-2)17-7-6-13-18-8-11(3)21-13/h8-9H,4-7,10H2,1-3H3,(H2,16,17,20). The lowest BCUT2D eigenvalue weighted by molar-refractivity contribution is 0.796.